The first-order valence-electron chi connectivity index (χ1n) is 5.79. The molecule has 1 aromatic rings. The van der Waals surface area contributed by atoms with Crippen LogP contribution in [0.15, 0.2) is 23.1 Å². The minimum absolute atomic E-state index is 0.112. The highest BCUT2D eigenvalue weighted by atomic mass is 32.2. The van der Waals surface area contributed by atoms with Crippen molar-refractivity contribution < 1.29 is 4.39 Å². The fourth-order valence-corrected chi connectivity index (χ4v) is 2.66. The van der Waals surface area contributed by atoms with Crippen molar-refractivity contribution in [2.75, 3.05) is 12.3 Å². The number of thioether (sulfide) groups is 1. The smallest absolute Gasteiger partial charge is 0.137 e. The predicted molar refractivity (Wildman–Crippen MR) is 69.3 cm³/mol. The van der Waals surface area contributed by atoms with Gasteiger partial charge in [0.25, 0.3) is 0 Å². The van der Waals surface area contributed by atoms with E-state index in [1.807, 2.05) is 6.07 Å². The second-order valence-corrected chi connectivity index (χ2v) is 5.12. The molecular formula is C13H20FNS. The summed E-state index contributed by atoms with van der Waals surface area (Å²) in [4.78, 5) is 0.785. The van der Waals surface area contributed by atoms with E-state index in [0.717, 1.165) is 29.1 Å². The van der Waals surface area contributed by atoms with E-state index in [-0.39, 0.29) is 5.82 Å². The Morgan fingerprint density at radius 2 is 2.19 bits per heavy atom. The highest BCUT2D eigenvalue weighted by Crippen LogP contribution is 2.28. The molecule has 2 N–H and O–H groups in total. The van der Waals surface area contributed by atoms with Gasteiger partial charge in [-0.05, 0) is 30.5 Å². The summed E-state index contributed by atoms with van der Waals surface area (Å²) in [5.74, 6) is 1.48. The number of hydrogen-bond donors (Lipinski definition) is 1. The van der Waals surface area contributed by atoms with E-state index in [9.17, 15) is 4.39 Å². The SMILES string of the molecule is CCC(C)CSc1c(F)cccc1CCN. The standard InChI is InChI=1S/C13H20FNS/c1-3-10(2)9-16-13-11(7-8-15)5-4-6-12(13)14/h4-6,10H,3,7-9,15H2,1-2H3. The molecule has 16 heavy (non-hydrogen) atoms. The molecule has 0 saturated carbocycles. The lowest BCUT2D eigenvalue weighted by Crippen LogP contribution is -2.05. The van der Waals surface area contributed by atoms with Gasteiger partial charge in [0.2, 0.25) is 0 Å². The summed E-state index contributed by atoms with van der Waals surface area (Å²) in [5.41, 5.74) is 6.57. The largest absolute Gasteiger partial charge is 0.330 e. The van der Waals surface area contributed by atoms with Crippen molar-refractivity contribution in [3.8, 4) is 0 Å². The highest BCUT2D eigenvalue weighted by molar-refractivity contribution is 7.99. The molecule has 0 aliphatic rings. The molecule has 1 nitrogen and oxygen atoms in total. The highest BCUT2D eigenvalue weighted by Gasteiger charge is 2.09. The van der Waals surface area contributed by atoms with Crippen molar-refractivity contribution in [3.63, 3.8) is 0 Å². The van der Waals surface area contributed by atoms with Crippen LogP contribution in [0.1, 0.15) is 25.8 Å². The zero-order chi connectivity index (χ0) is 12.0. The Bertz CT molecular complexity index is 328. The lowest BCUT2D eigenvalue weighted by atomic mass is 10.1. The minimum Gasteiger partial charge on any atom is -0.330 e. The third-order valence-corrected chi connectivity index (χ3v) is 4.15. The van der Waals surface area contributed by atoms with Gasteiger partial charge in [0.05, 0.1) is 0 Å². The van der Waals surface area contributed by atoms with Crippen molar-refractivity contribution in [1.82, 2.24) is 0 Å². The fourth-order valence-electron chi connectivity index (χ4n) is 1.41. The number of rotatable bonds is 6. The molecule has 0 heterocycles. The average molecular weight is 241 g/mol. The van der Waals surface area contributed by atoms with Gasteiger partial charge in [-0.1, -0.05) is 32.4 Å². The van der Waals surface area contributed by atoms with E-state index in [1.165, 1.54) is 6.07 Å². The molecule has 1 rings (SSSR count). The van der Waals surface area contributed by atoms with Crippen molar-refractivity contribution in [3.05, 3.63) is 29.6 Å². The molecule has 1 unspecified atom stereocenters. The Morgan fingerprint density at radius 3 is 2.81 bits per heavy atom. The Kier molecular flexibility index (Phi) is 5.85. The van der Waals surface area contributed by atoms with Crippen LogP contribution < -0.4 is 5.73 Å². The van der Waals surface area contributed by atoms with E-state index in [2.05, 4.69) is 13.8 Å². The van der Waals surface area contributed by atoms with Gasteiger partial charge in [0.1, 0.15) is 5.82 Å². The number of hydrogen-bond acceptors (Lipinski definition) is 2. The molecule has 0 amide bonds. The van der Waals surface area contributed by atoms with Gasteiger partial charge < -0.3 is 5.73 Å². The monoisotopic (exact) mass is 241 g/mol. The first-order valence-corrected chi connectivity index (χ1v) is 6.77. The maximum Gasteiger partial charge on any atom is 0.137 e. The summed E-state index contributed by atoms with van der Waals surface area (Å²) in [6, 6.07) is 5.25. The van der Waals surface area contributed by atoms with Gasteiger partial charge >= 0.3 is 0 Å². The van der Waals surface area contributed by atoms with Crippen LogP contribution >= 0.6 is 11.8 Å². The topological polar surface area (TPSA) is 26.0 Å². The molecule has 1 atom stereocenters. The Morgan fingerprint density at radius 1 is 1.44 bits per heavy atom. The Labute approximate surface area is 102 Å². The summed E-state index contributed by atoms with van der Waals surface area (Å²) in [6.45, 7) is 4.92. The van der Waals surface area contributed by atoms with E-state index in [0.29, 0.717) is 12.5 Å². The van der Waals surface area contributed by atoms with Crippen LogP contribution in [0.2, 0.25) is 0 Å². The van der Waals surface area contributed by atoms with Crippen LogP contribution in [0.3, 0.4) is 0 Å². The van der Waals surface area contributed by atoms with Crippen LogP contribution in [0, 0.1) is 11.7 Å². The molecule has 0 aromatic heterocycles. The van der Waals surface area contributed by atoms with Gasteiger partial charge in [-0.25, -0.2) is 4.39 Å². The van der Waals surface area contributed by atoms with Crippen LogP contribution in [0.4, 0.5) is 4.39 Å². The minimum atomic E-state index is -0.112. The third-order valence-electron chi connectivity index (χ3n) is 2.67. The first-order chi connectivity index (χ1) is 7.69. The predicted octanol–water partition coefficient (Wildman–Crippen LogP) is 3.47. The number of benzene rings is 1. The molecular weight excluding hydrogens is 221 g/mol. The maximum absolute atomic E-state index is 13.7. The average Bonchev–Trinajstić information content (AvgIpc) is 2.28. The van der Waals surface area contributed by atoms with Gasteiger partial charge in [0.15, 0.2) is 0 Å². The Balaban J connectivity index is 2.75. The molecule has 1 aromatic carbocycles. The zero-order valence-corrected chi connectivity index (χ0v) is 10.8. The first kappa shape index (κ1) is 13.5. The van der Waals surface area contributed by atoms with Crippen molar-refractivity contribution in [2.24, 2.45) is 11.7 Å². The molecule has 90 valence electrons. The van der Waals surface area contributed by atoms with Crippen LogP contribution in [-0.2, 0) is 6.42 Å². The molecule has 0 saturated heterocycles. The molecule has 0 aliphatic heterocycles. The summed E-state index contributed by atoms with van der Waals surface area (Å²) in [6.07, 6.45) is 1.88. The number of nitrogens with two attached hydrogens (primary N) is 1. The second-order valence-electron chi connectivity index (χ2n) is 4.09. The van der Waals surface area contributed by atoms with Crippen molar-refractivity contribution >= 4 is 11.8 Å². The van der Waals surface area contributed by atoms with Crippen LogP contribution in [0.5, 0.6) is 0 Å². The van der Waals surface area contributed by atoms with E-state index in [4.69, 9.17) is 5.73 Å². The Hall–Kier alpha value is -0.540. The molecule has 0 spiro atoms. The van der Waals surface area contributed by atoms with Gasteiger partial charge in [-0.15, -0.1) is 11.8 Å². The second kappa shape index (κ2) is 6.92. The molecule has 0 bridgehead atoms. The normalized spacial score (nSPS) is 12.8. The number of halogens is 1. The third kappa shape index (κ3) is 3.80. The van der Waals surface area contributed by atoms with Gasteiger partial charge in [0, 0.05) is 10.6 Å². The van der Waals surface area contributed by atoms with Gasteiger partial charge in [-0.2, -0.15) is 0 Å². The van der Waals surface area contributed by atoms with Crippen molar-refractivity contribution in [2.45, 2.75) is 31.6 Å². The lowest BCUT2D eigenvalue weighted by molar-refractivity contribution is 0.594. The summed E-state index contributed by atoms with van der Waals surface area (Å²) >= 11 is 1.62. The molecule has 0 fully saturated rings. The summed E-state index contributed by atoms with van der Waals surface area (Å²) in [7, 11) is 0. The quantitative estimate of drug-likeness (QED) is 0.772. The van der Waals surface area contributed by atoms with Gasteiger partial charge in [-0.3, -0.25) is 0 Å². The molecule has 0 aliphatic carbocycles. The summed E-state index contributed by atoms with van der Waals surface area (Å²) in [5, 5.41) is 0. The van der Waals surface area contributed by atoms with Crippen LogP contribution in [0.25, 0.3) is 0 Å². The summed E-state index contributed by atoms with van der Waals surface area (Å²) < 4.78 is 13.7. The lowest BCUT2D eigenvalue weighted by Gasteiger charge is -2.12. The van der Waals surface area contributed by atoms with Crippen molar-refractivity contribution in [1.29, 1.82) is 0 Å². The zero-order valence-electron chi connectivity index (χ0n) is 10.0. The molecule has 3 heteroatoms. The van der Waals surface area contributed by atoms with E-state index in [1.54, 1.807) is 17.8 Å². The van der Waals surface area contributed by atoms with E-state index >= 15 is 0 Å². The van der Waals surface area contributed by atoms with E-state index < -0.39 is 0 Å². The van der Waals surface area contributed by atoms with Crippen LogP contribution in [-0.4, -0.2) is 12.3 Å². The fraction of sp³-hybridized carbons (Fsp3) is 0.538. The maximum atomic E-state index is 13.7. The molecule has 0 radical (unpaired) electrons.